The van der Waals surface area contributed by atoms with Crippen LogP contribution in [-0.4, -0.2) is 71.7 Å². The Morgan fingerprint density at radius 2 is 1.27 bits per heavy atom. The monoisotopic (exact) mass is 464 g/mol. The lowest BCUT2D eigenvalue weighted by Gasteiger charge is -2.20. The van der Waals surface area contributed by atoms with Gasteiger partial charge in [0.2, 0.25) is 0 Å². The zero-order valence-corrected chi connectivity index (χ0v) is 19.0. The maximum Gasteiger partial charge on any atom is 0.322 e. The predicted molar refractivity (Wildman–Crippen MR) is 121 cm³/mol. The molecule has 1 saturated heterocycles. The average molecular weight is 465 g/mol. The first kappa shape index (κ1) is 27.2. The van der Waals surface area contributed by atoms with Crippen LogP contribution in [0, 0.1) is 0 Å². The van der Waals surface area contributed by atoms with Gasteiger partial charge < -0.3 is 37.2 Å². The van der Waals surface area contributed by atoms with Gasteiger partial charge in [0.15, 0.2) is 0 Å². The minimum absolute atomic E-state index is 0.0337. The first-order chi connectivity index (χ1) is 14.4. The summed E-state index contributed by atoms with van der Waals surface area (Å²) in [5, 5.41) is -0.192. The van der Waals surface area contributed by atoms with Crippen LogP contribution in [0.3, 0.4) is 0 Å². The van der Waals surface area contributed by atoms with Gasteiger partial charge in [0.05, 0.1) is 15.1 Å². The Balaban J connectivity index is 2.49. The molecule has 0 saturated carbocycles. The van der Waals surface area contributed by atoms with Crippen molar-refractivity contribution in [1.29, 1.82) is 0 Å². The molecule has 0 bridgehead atoms. The molecule has 1 heterocycles. The van der Waals surface area contributed by atoms with Crippen LogP contribution in [0.5, 0.6) is 0 Å². The number of carbonyl (C=O) groups excluding carboxylic acids is 3. The Labute approximate surface area is 187 Å². The smallest absolute Gasteiger partial charge is 0.322 e. The average Bonchev–Trinajstić information content (AvgIpc) is 3.12. The lowest BCUT2D eigenvalue weighted by atomic mass is 10.1. The normalized spacial score (nSPS) is 23.0. The molecule has 0 radical (unpaired) electrons. The van der Waals surface area contributed by atoms with Crippen molar-refractivity contribution in [2.24, 2.45) is 22.9 Å². The molecule has 0 amide bonds. The molecule has 1 unspecified atom stereocenters. The van der Waals surface area contributed by atoms with E-state index < -0.39 is 24.0 Å². The van der Waals surface area contributed by atoms with Crippen LogP contribution in [0.15, 0.2) is 0 Å². The molecule has 1 rings (SSSR count). The summed E-state index contributed by atoms with van der Waals surface area (Å²) in [6, 6.07) is -1.35. The van der Waals surface area contributed by atoms with Crippen molar-refractivity contribution in [3.05, 3.63) is 0 Å². The second-order valence-corrected chi connectivity index (χ2v) is 10.4. The first-order valence-electron chi connectivity index (χ1n) is 10.4. The van der Waals surface area contributed by atoms with E-state index in [2.05, 4.69) is 0 Å². The zero-order chi connectivity index (χ0) is 22.4. The van der Waals surface area contributed by atoms with Crippen molar-refractivity contribution >= 4 is 41.7 Å². The second kappa shape index (κ2) is 15.9. The third-order valence-corrected chi connectivity index (χ3v) is 8.14. The molecule has 174 valence electrons. The van der Waals surface area contributed by atoms with Crippen LogP contribution in [0.1, 0.15) is 44.9 Å². The highest BCUT2D eigenvalue weighted by Crippen LogP contribution is 2.45. The quantitative estimate of drug-likeness (QED) is 0.139. The van der Waals surface area contributed by atoms with Crippen LogP contribution in [-0.2, 0) is 23.9 Å². The highest BCUT2D eigenvalue weighted by atomic mass is 32.2. The van der Waals surface area contributed by atoms with Crippen LogP contribution in [0.25, 0.3) is 0 Å². The van der Waals surface area contributed by atoms with E-state index in [0.717, 1.165) is 32.0 Å². The number of thioether (sulfide) groups is 2. The highest BCUT2D eigenvalue weighted by molar-refractivity contribution is 8.20. The van der Waals surface area contributed by atoms with E-state index in [0.29, 0.717) is 32.4 Å². The summed E-state index contributed by atoms with van der Waals surface area (Å²) < 4.78 is 10.8. The molecule has 30 heavy (non-hydrogen) atoms. The zero-order valence-electron chi connectivity index (χ0n) is 17.4. The van der Waals surface area contributed by atoms with E-state index >= 15 is 0 Å². The number of aldehydes is 1. The number of ether oxygens (including phenoxy) is 2. The highest BCUT2D eigenvalue weighted by Gasteiger charge is 2.37. The molecule has 0 aromatic carbocycles. The second-order valence-electron chi connectivity index (χ2n) is 7.22. The summed E-state index contributed by atoms with van der Waals surface area (Å²) >= 11 is 3.11. The number of esters is 2. The standard InChI is InChI=1S/C19H36N4O5S2/c20-8-3-1-5-13(22)18(25)27-11-15-16(30-17(29-15)7-10-24)12-28-19(26)14(23)6-2-4-9-21/h10,13-17H,1-9,11-12,20-23H2/t13-,14-,15-,16+,17?/m0/s1. The summed E-state index contributed by atoms with van der Waals surface area (Å²) in [7, 11) is 0. The van der Waals surface area contributed by atoms with E-state index in [1.54, 1.807) is 23.5 Å². The molecular weight excluding hydrogens is 428 g/mol. The minimum Gasteiger partial charge on any atom is -0.463 e. The Hall–Kier alpha value is -0.850. The number of nitrogens with two attached hydrogens (primary N) is 4. The Bertz CT molecular complexity index is 489. The predicted octanol–water partition coefficient (Wildman–Crippen LogP) is 0.118. The SMILES string of the molecule is NCCCC[C@H](N)C(=O)OC[C@@H]1SC(CC=O)S[C@@H]1COC(=O)[C@@H](N)CCCCN. The molecule has 11 heteroatoms. The maximum atomic E-state index is 12.1. The fourth-order valence-electron chi connectivity index (χ4n) is 2.88. The van der Waals surface area contributed by atoms with E-state index in [1.165, 1.54) is 0 Å². The molecule has 1 fully saturated rings. The van der Waals surface area contributed by atoms with Gasteiger partial charge in [-0.3, -0.25) is 9.59 Å². The molecule has 0 aromatic rings. The van der Waals surface area contributed by atoms with Crippen molar-refractivity contribution in [3.63, 3.8) is 0 Å². The number of hydrogen-bond donors (Lipinski definition) is 4. The number of rotatable bonds is 16. The number of hydrogen-bond acceptors (Lipinski definition) is 11. The largest absolute Gasteiger partial charge is 0.463 e. The molecule has 0 spiro atoms. The van der Waals surface area contributed by atoms with Crippen LogP contribution in [0.4, 0.5) is 0 Å². The van der Waals surface area contributed by atoms with Gasteiger partial charge in [0.1, 0.15) is 31.6 Å². The molecule has 0 aromatic heterocycles. The molecule has 0 aliphatic carbocycles. The van der Waals surface area contributed by atoms with E-state index in [1.807, 2.05) is 0 Å². The molecule has 8 N–H and O–H groups in total. The van der Waals surface area contributed by atoms with Gasteiger partial charge in [-0.1, -0.05) is 12.8 Å². The van der Waals surface area contributed by atoms with E-state index in [9.17, 15) is 14.4 Å². The molecule has 5 atom stereocenters. The van der Waals surface area contributed by atoms with Crippen molar-refractivity contribution < 1.29 is 23.9 Å². The Morgan fingerprint density at radius 1 is 0.833 bits per heavy atom. The van der Waals surface area contributed by atoms with E-state index in [-0.39, 0.29) is 28.3 Å². The minimum atomic E-state index is -0.677. The van der Waals surface area contributed by atoms with Gasteiger partial charge in [-0.05, 0) is 38.8 Å². The van der Waals surface area contributed by atoms with E-state index in [4.69, 9.17) is 32.4 Å². The summed E-state index contributed by atoms with van der Waals surface area (Å²) in [5.41, 5.74) is 22.6. The topological polar surface area (TPSA) is 174 Å². The first-order valence-corrected chi connectivity index (χ1v) is 12.3. The van der Waals surface area contributed by atoms with Crippen LogP contribution < -0.4 is 22.9 Å². The van der Waals surface area contributed by atoms with Gasteiger partial charge in [-0.25, -0.2) is 0 Å². The lowest BCUT2D eigenvalue weighted by Crippen LogP contribution is -2.37. The van der Waals surface area contributed by atoms with Gasteiger partial charge in [-0.2, -0.15) is 0 Å². The fraction of sp³-hybridized carbons (Fsp3) is 0.842. The lowest BCUT2D eigenvalue weighted by molar-refractivity contribution is -0.147. The number of carbonyl (C=O) groups is 3. The van der Waals surface area contributed by atoms with Gasteiger partial charge in [0.25, 0.3) is 0 Å². The maximum absolute atomic E-state index is 12.1. The summed E-state index contributed by atoms with van der Waals surface area (Å²) in [5.74, 6) is -0.900. The van der Waals surface area contributed by atoms with Gasteiger partial charge in [0, 0.05) is 6.42 Å². The van der Waals surface area contributed by atoms with Crippen molar-refractivity contribution in [1.82, 2.24) is 0 Å². The van der Waals surface area contributed by atoms with Crippen molar-refractivity contribution in [3.8, 4) is 0 Å². The van der Waals surface area contributed by atoms with Crippen LogP contribution in [0.2, 0.25) is 0 Å². The number of unbranched alkanes of at least 4 members (excludes halogenated alkanes) is 2. The summed E-state index contributed by atoms with van der Waals surface area (Å²) in [4.78, 5) is 35.1. The summed E-state index contributed by atoms with van der Waals surface area (Å²) in [6.07, 6.45) is 5.46. The Morgan fingerprint density at radius 3 is 1.63 bits per heavy atom. The fourth-order valence-corrected chi connectivity index (χ4v) is 6.33. The van der Waals surface area contributed by atoms with Gasteiger partial charge in [-0.15, -0.1) is 23.5 Å². The summed E-state index contributed by atoms with van der Waals surface area (Å²) in [6.45, 7) is 1.43. The molecule has 1 aliphatic heterocycles. The molecule has 9 nitrogen and oxygen atoms in total. The van der Waals surface area contributed by atoms with Crippen molar-refractivity contribution in [2.45, 2.75) is 72.1 Å². The van der Waals surface area contributed by atoms with Gasteiger partial charge >= 0.3 is 11.9 Å². The molecular formula is C19H36N4O5S2. The van der Waals surface area contributed by atoms with Crippen LogP contribution >= 0.6 is 23.5 Å². The Kier molecular flexibility index (Phi) is 14.4. The third-order valence-electron chi connectivity index (χ3n) is 4.68. The van der Waals surface area contributed by atoms with Crippen molar-refractivity contribution in [2.75, 3.05) is 26.3 Å². The molecule has 1 aliphatic rings. The third kappa shape index (κ3) is 10.5.